The van der Waals surface area contributed by atoms with Crippen molar-refractivity contribution in [2.45, 2.75) is 96.1 Å². The third-order valence-corrected chi connectivity index (χ3v) is 9.31. The molecule has 5 rings (SSSR count). The number of rotatable bonds is 9. The van der Waals surface area contributed by atoms with Crippen molar-refractivity contribution in [2.24, 2.45) is 11.8 Å². The van der Waals surface area contributed by atoms with Crippen molar-refractivity contribution in [3.63, 3.8) is 0 Å². The minimum absolute atomic E-state index is 0.0381. The Morgan fingerprint density at radius 2 is 1.89 bits per heavy atom. The van der Waals surface area contributed by atoms with Crippen molar-refractivity contribution in [2.75, 3.05) is 0 Å². The highest BCUT2D eigenvalue weighted by atomic mass is 32.1. The fourth-order valence-electron chi connectivity index (χ4n) is 6.53. The van der Waals surface area contributed by atoms with Crippen molar-refractivity contribution in [1.82, 2.24) is 14.9 Å². The summed E-state index contributed by atoms with van der Waals surface area (Å²) in [5, 5.41) is 14.6. The second-order valence-corrected chi connectivity index (χ2v) is 12.2. The number of nitrogens with one attached hydrogen (secondary N) is 1. The van der Waals surface area contributed by atoms with E-state index in [1.165, 1.54) is 43.4 Å². The summed E-state index contributed by atoms with van der Waals surface area (Å²) in [5.41, 5.74) is 2.49. The van der Waals surface area contributed by atoms with Gasteiger partial charge in [0.2, 0.25) is 0 Å². The number of amides is 1. The normalized spacial score (nSPS) is 21.6. The minimum atomic E-state index is -0.866. The van der Waals surface area contributed by atoms with Crippen molar-refractivity contribution in [3.8, 4) is 0 Å². The highest BCUT2D eigenvalue weighted by Gasteiger charge is 2.28. The first-order chi connectivity index (χ1) is 18.0. The first-order valence-electron chi connectivity index (χ1n) is 14.0. The molecule has 37 heavy (non-hydrogen) atoms. The number of carbonyl (C=O) groups excluding carboxylic acids is 1. The van der Waals surface area contributed by atoms with Gasteiger partial charge in [-0.2, -0.15) is 0 Å². The fourth-order valence-corrected chi connectivity index (χ4v) is 7.23. The van der Waals surface area contributed by atoms with Gasteiger partial charge in [-0.25, -0.2) is 4.98 Å². The second-order valence-electron chi connectivity index (χ2n) is 11.2. The lowest BCUT2D eigenvalue weighted by atomic mass is 9.84. The molecule has 198 valence electrons. The summed E-state index contributed by atoms with van der Waals surface area (Å²) in [6.07, 6.45) is 12.3. The SMILES string of the molecule is C[C@H]1CCCC[C@@H]1n1c(Cc2cccs2)nc2cc(C(=O)NC(CC(=O)O)CC3CCCCC3)ccc21. The third-order valence-electron chi connectivity index (χ3n) is 8.43. The first kappa shape index (κ1) is 26.0. The van der Waals surface area contributed by atoms with Crippen molar-refractivity contribution < 1.29 is 14.7 Å². The molecule has 6 nitrogen and oxygen atoms in total. The molecule has 1 amide bonds. The summed E-state index contributed by atoms with van der Waals surface area (Å²) >= 11 is 1.75. The van der Waals surface area contributed by atoms with E-state index in [0.29, 0.717) is 23.4 Å². The fraction of sp³-hybridized carbons (Fsp3) is 0.567. The number of aromatic nitrogens is 2. The van der Waals surface area contributed by atoms with Gasteiger partial charge in [0.1, 0.15) is 5.82 Å². The lowest BCUT2D eigenvalue weighted by Crippen LogP contribution is -2.38. The quantitative estimate of drug-likeness (QED) is 0.318. The molecular formula is C30H39N3O3S. The number of imidazole rings is 1. The van der Waals surface area contributed by atoms with Crippen LogP contribution < -0.4 is 5.32 Å². The molecule has 0 radical (unpaired) electrons. The molecule has 2 saturated carbocycles. The van der Waals surface area contributed by atoms with Crippen LogP contribution in [0.3, 0.4) is 0 Å². The van der Waals surface area contributed by atoms with Crippen LogP contribution in [-0.2, 0) is 11.2 Å². The number of carboxylic acids is 1. The lowest BCUT2D eigenvalue weighted by molar-refractivity contribution is -0.137. The number of aliphatic carboxylic acids is 1. The average molecular weight is 522 g/mol. The van der Waals surface area contributed by atoms with Crippen molar-refractivity contribution in [3.05, 3.63) is 52.0 Å². The van der Waals surface area contributed by atoms with E-state index < -0.39 is 5.97 Å². The molecule has 2 fully saturated rings. The van der Waals surface area contributed by atoms with Gasteiger partial charge >= 0.3 is 5.97 Å². The number of carbonyl (C=O) groups is 2. The number of hydrogen-bond donors (Lipinski definition) is 2. The van der Waals surface area contributed by atoms with Gasteiger partial charge in [0.25, 0.3) is 5.91 Å². The predicted molar refractivity (Wildman–Crippen MR) is 148 cm³/mol. The Balaban J connectivity index is 1.41. The van der Waals surface area contributed by atoms with E-state index in [9.17, 15) is 14.7 Å². The van der Waals surface area contributed by atoms with Crippen LogP contribution in [0, 0.1) is 11.8 Å². The number of benzene rings is 1. The molecule has 7 heteroatoms. The zero-order valence-electron chi connectivity index (χ0n) is 21.8. The Morgan fingerprint density at radius 3 is 2.62 bits per heavy atom. The topological polar surface area (TPSA) is 84.2 Å². The maximum absolute atomic E-state index is 13.3. The summed E-state index contributed by atoms with van der Waals surface area (Å²) < 4.78 is 2.44. The molecule has 0 saturated heterocycles. The molecule has 2 heterocycles. The molecule has 2 N–H and O–H groups in total. The maximum atomic E-state index is 13.3. The number of fused-ring (bicyclic) bond motifs is 1. The molecule has 2 aliphatic rings. The minimum Gasteiger partial charge on any atom is -0.481 e. The van der Waals surface area contributed by atoms with Crippen molar-refractivity contribution in [1.29, 1.82) is 0 Å². The van der Waals surface area contributed by atoms with Gasteiger partial charge in [0.05, 0.1) is 17.5 Å². The molecule has 0 bridgehead atoms. The number of hydrogen-bond acceptors (Lipinski definition) is 4. The predicted octanol–water partition coefficient (Wildman–Crippen LogP) is 6.98. The van der Waals surface area contributed by atoms with E-state index in [1.54, 1.807) is 11.3 Å². The van der Waals surface area contributed by atoms with Crippen LogP contribution in [0.2, 0.25) is 0 Å². The molecule has 3 aromatic rings. The number of nitrogens with zero attached hydrogens (tertiary/aromatic N) is 2. The van der Waals surface area contributed by atoms with Gasteiger partial charge < -0.3 is 15.0 Å². The Hall–Kier alpha value is -2.67. The van der Waals surface area contributed by atoms with Gasteiger partial charge in [-0.1, -0.05) is 57.9 Å². The van der Waals surface area contributed by atoms with Crippen LogP contribution in [0.25, 0.3) is 11.0 Å². The number of thiophene rings is 1. The summed E-state index contributed by atoms with van der Waals surface area (Å²) in [5.74, 6) is 1.08. The Bertz CT molecular complexity index is 1210. The summed E-state index contributed by atoms with van der Waals surface area (Å²) in [4.78, 5) is 31.2. The average Bonchev–Trinajstić information content (AvgIpc) is 3.52. The van der Waals surface area contributed by atoms with Gasteiger partial charge in [-0.05, 0) is 60.7 Å². The summed E-state index contributed by atoms with van der Waals surface area (Å²) in [6.45, 7) is 2.35. The van der Waals surface area contributed by atoms with Crippen LogP contribution in [0.1, 0.15) is 105 Å². The molecule has 1 unspecified atom stereocenters. The summed E-state index contributed by atoms with van der Waals surface area (Å²) in [6, 6.07) is 10.1. The molecule has 0 aliphatic heterocycles. The second kappa shape index (κ2) is 11.8. The smallest absolute Gasteiger partial charge is 0.305 e. The third kappa shape index (κ3) is 6.25. The standard InChI is InChI=1S/C30H39N3O3S/c1-20-8-5-6-12-26(20)33-27-14-13-22(17-25(27)32-28(33)19-24-11-7-15-37-24)30(36)31-23(18-29(34)35)16-21-9-3-2-4-10-21/h7,11,13-15,17,20-21,23,26H,2-6,8-10,12,16,18-19H2,1H3,(H,31,36)(H,34,35)/t20-,23?,26-/m0/s1. The monoisotopic (exact) mass is 521 g/mol. The van der Waals surface area contributed by atoms with E-state index in [-0.39, 0.29) is 18.4 Å². The van der Waals surface area contributed by atoms with E-state index in [1.807, 2.05) is 18.2 Å². The van der Waals surface area contributed by atoms with E-state index in [4.69, 9.17) is 4.98 Å². The molecule has 2 aromatic heterocycles. The molecule has 0 spiro atoms. The van der Waals surface area contributed by atoms with Gasteiger partial charge in [-0.3, -0.25) is 9.59 Å². The molecule has 1 aromatic carbocycles. The van der Waals surface area contributed by atoms with Crippen LogP contribution in [0.15, 0.2) is 35.7 Å². The van der Waals surface area contributed by atoms with E-state index in [2.05, 4.69) is 34.3 Å². The van der Waals surface area contributed by atoms with E-state index in [0.717, 1.165) is 49.0 Å². The van der Waals surface area contributed by atoms with Gasteiger partial charge in [0.15, 0.2) is 0 Å². The van der Waals surface area contributed by atoms with Gasteiger partial charge in [-0.15, -0.1) is 11.3 Å². The first-order valence-corrected chi connectivity index (χ1v) is 14.9. The lowest BCUT2D eigenvalue weighted by Gasteiger charge is -2.31. The maximum Gasteiger partial charge on any atom is 0.305 e. The van der Waals surface area contributed by atoms with Crippen LogP contribution >= 0.6 is 11.3 Å². The van der Waals surface area contributed by atoms with Crippen LogP contribution in [0.5, 0.6) is 0 Å². The van der Waals surface area contributed by atoms with E-state index >= 15 is 0 Å². The zero-order valence-corrected chi connectivity index (χ0v) is 22.6. The van der Waals surface area contributed by atoms with Crippen LogP contribution in [-0.4, -0.2) is 32.6 Å². The highest BCUT2D eigenvalue weighted by molar-refractivity contribution is 7.09. The Labute approximate surface area is 223 Å². The Morgan fingerprint density at radius 1 is 1.11 bits per heavy atom. The van der Waals surface area contributed by atoms with Crippen LogP contribution in [0.4, 0.5) is 0 Å². The highest BCUT2D eigenvalue weighted by Crippen LogP contribution is 2.37. The molecule has 3 atom stereocenters. The van der Waals surface area contributed by atoms with Gasteiger partial charge in [0, 0.05) is 28.9 Å². The summed E-state index contributed by atoms with van der Waals surface area (Å²) in [7, 11) is 0. The largest absolute Gasteiger partial charge is 0.481 e. The zero-order chi connectivity index (χ0) is 25.8. The molecular weight excluding hydrogens is 482 g/mol. The van der Waals surface area contributed by atoms with Crippen molar-refractivity contribution >= 4 is 34.2 Å². The Kier molecular flexibility index (Phi) is 8.28. The number of carboxylic acid groups (broad SMARTS) is 1. The molecule has 2 aliphatic carbocycles.